The number of nitrogens with zero attached hydrogens (tertiary/aromatic N) is 2. The van der Waals surface area contributed by atoms with Crippen molar-refractivity contribution in [3.8, 4) is 11.3 Å². The molecule has 1 aromatic heterocycles. The number of halogens is 2. The van der Waals surface area contributed by atoms with E-state index in [0.717, 1.165) is 30.7 Å². The summed E-state index contributed by atoms with van der Waals surface area (Å²) in [7, 11) is 1.44. The van der Waals surface area contributed by atoms with Gasteiger partial charge in [0.25, 0.3) is 0 Å². The van der Waals surface area contributed by atoms with E-state index in [4.69, 9.17) is 20.9 Å². The van der Waals surface area contributed by atoms with Crippen LogP contribution >= 0.6 is 24.0 Å². The van der Waals surface area contributed by atoms with Crippen LogP contribution in [0.3, 0.4) is 0 Å². The van der Waals surface area contributed by atoms with Gasteiger partial charge in [-0.2, -0.15) is 4.74 Å². The largest absolute Gasteiger partial charge is 0.480 e. The number of aromatic nitrogens is 1. The molecule has 2 unspecified atom stereocenters. The minimum absolute atomic E-state index is 0. The van der Waals surface area contributed by atoms with Crippen LogP contribution in [-0.2, 0) is 9.53 Å². The van der Waals surface area contributed by atoms with Crippen molar-refractivity contribution in [1.82, 2.24) is 9.64 Å². The molecule has 1 N–H and O–H groups in total. The first-order valence-electron chi connectivity index (χ1n) is 8.97. The molecule has 2 atom stereocenters. The minimum Gasteiger partial charge on any atom is -0.480 e. The number of hydrogen-bond acceptors (Lipinski definition) is 5. The van der Waals surface area contributed by atoms with Crippen LogP contribution in [0, 0.1) is 0 Å². The van der Waals surface area contributed by atoms with Gasteiger partial charge in [0, 0.05) is 19.2 Å². The van der Waals surface area contributed by atoms with Gasteiger partial charge >= 0.3 is 11.5 Å². The Balaban J connectivity index is 0.00000280. The molecule has 1 saturated heterocycles. The molecule has 7 nitrogen and oxygen atoms in total. The van der Waals surface area contributed by atoms with Crippen molar-refractivity contribution < 1.29 is 19.2 Å². The fourth-order valence-corrected chi connectivity index (χ4v) is 3.66. The van der Waals surface area contributed by atoms with Gasteiger partial charge in [-0.05, 0) is 25.9 Å². The summed E-state index contributed by atoms with van der Waals surface area (Å²) in [4.78, 5) is 26.8. The fraction of sp³-hybridized carbons (Fsp3) is 0.474. The third kappa shape index (κ3) is 4.78. The summed E-state index contributed by atoms with van der Waals surface area (Å²) in [5, 5.41) is 9.65. The van der Waals surface area contributed by atoms with E-state index in [1.54, 1.807) is 24.3 Å². The number of methoxy groups -OCH3 is 1. The van der Waals surface area contributed by atoms with E-state index in [1.165, 1.54) is 13.5 Å². The van der Waals surface area contributed by atoms with E-state index in [1.807, 2.05) is 6.07 Å². The maximum absolute atomic E-state index is 12.6. The molecule has 9 heteroatoms. The number of aliphatic carboxylic acids is 1. The number of hydrogen-bond donors (Lipinski definition) is 1. The van der Waals surface area contributed by atoms with Crippen LogP contribution in [0.1, 0.15) is 25.3 Å². The van der Waals surface area contributed by atoms with Crippen molar-refractivity contribution in [2.45, 2.75) is 31.4 Å². The second kappa shape index (κ2) is 10.1. The maximum atomic E-state index is 12.6. The first-order chi connectivity index (χ1) is 13.0. The number of rotatable bonds is 7. The molecule has 1 aromatic carbocycles. The number of ether oxygens (including phenoxy) is 1. The Kier molecular flexibility index (Phi) is 8.12. The number of carbonyl (C=O) groups is 1. The summed E-state index contributed by atoms with van der Waals surface area (Å²) >= 11 is 6.17. The van der Waals surface area contributed by atoms with Crippen molar-refractivity contribution >= 4 is 30.0 Å². The van der Waals surface area contributed by atoms with E-state index in [-0.39, 0.29) is 23.2 Å². The third-order valence-corrected chi connectivity index (χ3v) is 5.19. The molecule has 2 heterocycles. The van der Waals surface area contributed by atoms with Crippen molar-refractivity contribution in [3.05, 3.63) is 45.7 Å². The van der Waals surface area contributed by atoms with Gasteiger partial charge in [0.2, 0.25) is 0 Å². The third-order valence-electron chi connectivity index (χ3n) is 4.86. The van der Waals surface area contributed by atoms with E-state index in [0.29, 0.717) is 12.1 Å². The Morgan fingerprint density at radius 2 is 1.89 bits per heavy atom. The number of carboxylic acids is 1. The summed E-state index contributed by atoms with van der Waals surface area (Å²) in [6, 6.07) is 7.57. The molecule has 1 aliphatic heterocycles. The predicted octanol–water partition coefficient (Wildman–Crippen LogP) is 3.31. The van der Waals surface area contributed by atoms with Crippen LogP contribution in [0.25, 0.3) is 11.3 Å². The normalized spacial score (nSPS) is 16.9. The highest BCUT2D eigenvalue weighted by atomic mass is 35.5. The van der Waals surface area contributed by atoms with E-state index in [9.17, 15) is 14.7 Å². The lowest BCUT2D eigenvalue weighted by Crippen LogP contribution is -2.45. The molecule has 0 radical (unpaired) electrons. The van der Waals surface area contributed by atoms with Gasteiger partial charge in [-0.1, -0.05) is 48.4 Å². The van der Waals surface area contributed by atoms with Gasteiger partial charge in [0.1, 0.15) is 6.10 Å². The highest BCUT2D eigenvalue weighted by molar-refractivity contribution is 6.32. The Labute approximate surface area is 174 Å². The monoisotopic (exact) mass is 430 g/mol. The first-order valence-corrected chi connectivity index (χ1v) is 9.35. The van der Waals surface area contributed by atoms with Crippen LogP contribution in [0.2, 0.25) is 5.02 Å². The zero-order valence-corrected chi connectivity index (χ0v) is 17.1. The van der Waals surface area contributed by atoms with E-state index >= 15 is 0 Å². The smallest absolute Gasteiger partial charge is 0.332 e. The molecule has 1 aliphatic rings. The molecular weight excluding hydrogens is 407 g/mol. The summed E-state index contributed by atoms with van der Waals surface area (Å²) in [5.74, 6) is -1.05. The van der Waals surface area contributed by atoms with Gasteiger partial charge < -0.3 is 19.3 Å². The molecule has 0 bridgehead atoms. The lowest BCUT2D eigenvalue weighted by Gasteiger charge is -2.31. The molecule has 2 aromatic rings. The first kappa shape index (κ1) is 22.5. The standard InChI is InChI=1S/C19H23ClN2O5.ClH/c1-26-14(12-21-10-6-3-7-11-21)16(19(24)25)22-18(23)15(20)17(27-22)13-8-4-2-5-9-13;/h2,4-5,8-9,14,16H,3,6-7,10-12H2,1H3,(H,24,25);1H. The molecule has 28 heavy (non-hydrogen) atoms. The molecule has 0 aliphatic carbocycles. The van der Waals surface area contributed by atoms with Gasteiger partial charge in [-0.25, -0.2) is 4.79 Å². The van der Waals surface area contributed by atoms with Gasteiger partial charge in [-0.15, -0.1) is 12.4 Å². The molecule has 1 fully saturated rings. The van der Waals surface area contributed by atoms with Crippen LogP contribution in [0.15, 0.2) is 39.6 Å². The van der Waals surface area contributed by atoms with Crippen LogP contribution < -0.4 is 5.56 Å². The topological polar surface area (TPSA) is 84.9 Å². The number of carboxylic acid groups (broad SMARTS) is 1. The van der Waals surface area contributed by atoms with Gasteiger partial charge in [-0.3, -0.25) is 4.79 Å². The number of benzene rings is 1. The quantitative estimate of drug-likeness (QED) is 0.724. The highest BCUT2D eigenvalue weighted by Crippen LogP contribution is 2.28. The average molecular weight is 431 g/mol. The molecule has 154 valence electrons. The van der Waals surface area contributed by atoms with Crippen molar-refractivity contribution in [2.75, 3.05) is 26.7 Å². The zero-order valence-electron chi connectivity index (χ0n) is 15.5. The van der Waals surface area contributed by atoms with E-state index < -0.39 is 23.7 Å². The zero-order chi connectivity index (χ0) is 19.4. The molecule has 0 saturated carbocycles. The molecular formula is C19H24Cl2N2O5. The van der Waals surface area contributed by atoms with Crippen LogP contribution in [-0.4, -0.2) is 53.6 Å². The van der Waals surface area contributed by atoms with Crippen molar-refractivity contribution in [1.29, 1.82) is 0 Å². The van der Waals surface area contributed by atoms with Crippen LogP contribution in [0.5, 0.6) is 0 Å². The lowest BCUT2D eigenvalue weighted by molar-refractivity contribution is -0.149. The average Bonchev–Trinajstić information content (AvgIpc) is 2.97. The van der Waals surface area contributed by atoms with Crippen LogP contribution in [0.4, 0.5) is 0 Å². The second-order valence-electron chi connectivity index (χ2n) is 6.65. The summed E-state index contributed by atoms with van der Waals surface area (Å²) in [6.45, 7) is 2.17. The molecule has 0 spiro atoms. The maximum Gasteiger partial charge on any atom is 0.332 e. The van der Waals surface area contributed by atoms with Gasteiger partial charge in [0.15, 0.2) is 16.8 Å². The Bertz CT molecular complexity index is 831. The highest BCUT2D eigenvalue weighted by Gasteiger charge is 2.36. The summed E-state index contributed by atoms with van der Waals surface area (Å²) in [6.07, 6.45) is 2.56. The van der Waals surface area contributed by atoms with E-state index in [2.05, 4.69) is 4.90 Å². The fourth-order valence-electron chi connectivity index (χ4n) is 3.44. The van der Waals surface area contributed by atoms with Crippen molar-refractivity contribution in [2.24, 2.45) is 0 Å². The molecule has 0 amide bonds. The summed E-state index contributed by atoms with van der Waals surface area (Å²) < 4.78 is 11.9. The van der Waals surface area contributed by atoms with Crippen molar-refractivity contribution in [3.63, 3.8) is 0 Å². The summed E-state index contributed by atoms with van der Waals surface area (Å²) in [5.41, 5.74) is -0.0731. The SMILES string of the molecule is COC(CN1CCCCC1)C(C(=O)O)n1oc(-c2ccccc2)c(Cl)c1=O.Cl. The second-order valence-corrected chi connectivity index (χ2v) is 7.03. The lowest BCUT2D eigenvalue weighted by atomic mass is 10.1. The number of piperidine rings is 1. The minimum atomic E-state index is -1.31. The van der Waals surface area contributed by atoms with Gasteiger partial charge in [0.05, 0.1) is 0 Å². The Morgan fingerprint density at radius 1 is 1.25 bits per heavy atom. The number of likely N-dealkylation sites (tertiary alicyclic amines) is 1. The molecule has 3 rings (SSSR count). The Morgan fingerprint density at radius 3 is 2.46 bits per heavy atom. The Hall–Kier alpha value is -1.80. The predicted molar refractivity (Wildman–Crippen MR) is 108 cm³/mol.